The third-order valence-electron chi connectivity index (χ3n) is 2.95. The second-order valence-corrected chi connectivity index (χ2v) is 5.01. The zero-order valence-electron chi connectivity index (χ0n) is 9.75. The van der Waals surface area contributed by atoms with E-state index in [-0.39, 0.29) is 0 Å². The van der Waals surface area contributed by atoms with Gasteiger partial charge < -0.3 is 0 Å². The summed E-state index contributed by atoms with van der Waals surface area (Å²) < 4.78 is 2.94. The maximum atomic E-state index is 4.21. The second kappa shape index (κ2) is 4.90. The predicted octanol–water partition coefficient (Wildman–Crippen LogP) is 3.44. The Morgan fingerprint density at radius 2 is 1.83 bits per heavy atom. The summed E-state index contributed by atoms with van der Waals surface area (Å²) in [7, 11) is 0. The van der Waals surface area contributed by atoms with Gasteiger partial charge in [0.1, 0.15) is 5.52 Å². The van der Waals surface area contributed by atoms with Crippen LogP contribution in [0.15, 0.2) is 53.0 Å². The lowest BCUT2D eigenvalue weighted by molar-refractivity contribution is 0.606. The van der Waals surface area contributed by atoms with Gasteiger partial charge in [-0.1, -0.05) is 41.6 Å². The molecule has 0 aliphatic carbocycles. The fraction of sp³-hybridized carbons (Fsp3) is 0.143. The van der Waals surface area contributed by atoms with Gasteiger partial charge in [0.2, 0.25) is 0 Å². The van der Waals surface area contributed by atoms with Crippen molar-refractivity contribution in [3.8, 4) is 0 Å². The molecule has 18 heavy (non-hydrogen) atoms. The van der Waals surface area contributed by atoms with E-state index in [2.05, 4.69) is 50.5 Å². The molecule has 90 valence electrons. The quantitative estimate of drug-likeness (QED) is 0.742. The molecule has 0 saturated carbocycles. The van der Waals surface area contributed by atoms with Gasteiger partial charge in [-0.15, -0.1) is 5.10 Å². The molecule has 0 saturated heterocycles. The predicted molar refractivity (Wildman–Crippen MR) is 75.4 cm³/mol. The molecule has 2 aromatic carbocycles. The number of aryl methyl sites for hydroxylation is 2. The zero-order chi connectivity index (χ0) is 12.4. The Bertz CT molecular complexity index is 661. The van der Waals surface area contributed by atoms with E-state index in [0.717, 1.165) is 28.5 Å². The molecule has 4 heteroatoms. The van der Waals surface area contributed by atoms with Gasteiger partial charge >= 0.3 is 0 Å². The van der Waals surface area contributed by atoms with Crippen molar-refractivity contribution in [2.45, 2.75) is 13.0 Å². The summed E-state index contributed by atoms with van der Waals surface area (Å²) >= 11 is 3.49. The van der Waals surface area contributed by atoms with E-state index in [0.29, 0.717) is 0 Å². The highest BCUT2D eigenvalue weighted by Crippen LogP contribution is 2.21. The molecule has 1 aromatic heterocycles. The van der Waals surface area contributed by atoms with Crippen LogP contribution in [0.3, 0.4) is 0 Å². The number of fused-ring (bicyclic) bond motifs is 1. The van der Waals surface area contributed by atoms with Gasteiger partial charge in [0.15, 0.2) is 0 Å². The fourth-order valence-electron chi connectivity index (χ4n) is 2.00. The van der Waals surface area contributed by atoms with Crippen LogP contribution >= 0.6 is 15.9 Å². The van der Waals surface area contributed by atoms with Crippen LogP contribution in [0.2, 0.25) is 0 Å². The Morgan fingerprint density at radius 3 is 2.67 bits per heavy atom. The molecule has 0 N–H and O–H groups in total. The molecule has 1 heterocycles. The lowest BCUT2D eigenvalue weighted by Gasteiger charge is -2.02. The third kappa shape index (κ3) is 2.16. The van der Waals surface area contributed by atoms with Gasteiger partial charge in [-0.25, -0.2) is 4.68 Å². The van der Waals surface area contributed by atoms with Crippen LogP contribution in [0.1, 0.15) is 5.56 Å². The van der Waals surface area contributed by atoms with Crippen molar-refractivity contribution in [3.63, 3.8) is 0 Å². The van der Waals surface area contributed by atoms with E-state index < -0.39 is 0 Å². The molecule has 0 spiro atoms. The molecule has 0 unspecified atom stereocenters. The summed E-state index contributed by atoms with van der Waals surface area (Å²) in [6.07, 6.45) is 0.964. The third-order valence-corrected chi connectivity index (χ3v) is 3.59. The molecule has 0 aliphatic rings. The Kier molecular flexibility index (Phi) is 3.11. The van der Waals surface area contributed by atoms with Crippen LogP contribution < -0.4 is 0 Å². The number of aromatic nitrogens is 3. The van der Waals surface area contributed by atoms with Crippen molar-refractivity contribution in [2.24, 2.45) is 0 Å². The van der Waals surface area contributed by atoms with Gasteiger partial charge in [-0.3, -0.25) is 0 Å². The highest BCUT2D eigenvalue weighted by Gasteiger charge is 2.06. The van der Waals surface area contributed by atoms with E-state index in [1.165, 1.54) is 5.56 Å². The van der Waals surface area contributed by atoms with Crippen molar-refractivity contribution >= 4 is 27.0 Å². The largest absolute Gasteiger partial charge is 0.244 e. The van der Waals surface area contributed by atoms with Crippen molar-refractivity contribution in [1.29, 1.82) is 0 Å². The Labute approximate surface area is 114 Å². The summed E-state index contributed by atoms with van der Waals surface area (Å²) in [5, 5.41) is 8.40. The molecule has 3 aromatic rings. The van der Waals surface area contributed by atoms with E-state index in [4.69, 9.17) is 0 Å². The lowest BCUT2D eigenvalue weighted by atomic mass is 10.1. The highest BCUT2D eigenvalue weighted by molar-refractivity contribution is 9.10. The van der Waals surface area contributed by atoms with Crippen LogP contribution in [0.5, 0.6) is 0 Å². The Balaban J connectivity index is 1.85. The number of nitrogens with zero attached hydrogens (tertiary/aromatic N) is 3. The number of benzene rings is 2. The summed E-state index contributed by atoms with van der Waals surface area (Å²) in [6, 6.07) is 16.5. The maximum absolute atomic E-state index is 4.21. The lowest BCUT2D eigenvalue weighted by Crippen LogP contribution is -2.03. The van der Waals surface area contributed by atoms with Crippen molar-refractivity contribution in [3.05, 3.63) is 58.6 Å². The van der Waals surface area contributed by atoms with Crippen LogP contribution in [0.4, 0.5) is 0 Å². The molecule has 0 atom stereocenters. The van der Waals surface area contributed by atoms with Gasteiger partial charge in [0.05, 0.1) is 5.52 Å². The smallest absolute Gasteiger partial charge is 0.127 e. The number of rotatable bonds is 3. The molecule has 0 fully saturated rings. The maximum Gasteiger partial charge on any atom is 0.127 e. The van der Waals surface area contributed by atoms with Crippen molar-refractivity contribution in [2.75, 3.05) is 0 Å². The molecule has 0 amide bonds. The first-order valence-corrected chi connectivity index (χ1v) is 6.65. The minimum Gasteiger partial charge on any atom is -0.244 e. The number of hydrogen-bond donors (Lipinski definition) is 0. The SMILES string of the molecule is Brc1cccc2c1nnn2CCc1ccccc1. The molecular weight excluding hydrogens is 290 g/mol. The van der Waals surface area contributed by atoms with Crippen LogP contribution in [-0.4, -0.2) is 15.0 Å². The van der Waals surface area contributed by atoms with Gasteiger partial charge in [-0.2, -0.15) is 0 Å². The molecule has 0 radical (unpaired) electrons. The first-order chi connectivity index (χ1) is 8.84. The van der Waals surface area contributed by atoms with Crippen LogP contribution in [0, 0.1) is 0 Å². The minimum absolute atomic E-state index is 0.844. The molecule has 0 bridgehead atoms. The highest BCUT2D eigenvalue weighted by atomic mass is 79.9. The molecule has 0 aliphatic heterocycles. The first kappa shape index (κ1) is 11.4. The summed E-state index contributed by atoms with van der Waals surface area (Å²) in [5.74, 6) is 0. The number of halogens is 1. The van der Waals surface area contributed by atoms with Crippen LogP contribution in [-0.2, 0) is 13.0 Å². The minimum atomic E-state index is 0.844. The average Bonchev–Trinajstić information content (AvgIpc) is 2.82. The average molecular weight is 302 g/mol. The van der Waals surface area contributed by atoms with Crippen molar-refractivity contribution in [1.82, 2.24) is 15.0 Å². The Hall–Kier alpha value is -1.68. The number of hydrogen-bond acceptors (Lipinski definition) is 2. The molecule has 3 nitrogen and oxygen atoms in total. The topological polar surface area (TPSA) is 30.7 Å². The van der Waals surface area contributed by atoms with E-state index in [9.17, 15) is 0 Å². The standard InChI is InChI=1S/C14H12BrN3/c15-12-7-4-8-13-14(12)16-17-18(13)10-9-11-5-2-1-3-6-11/h1-8H,9-10H2. The normalized spacial score (nSPS) is 10.9. The monoisotopic (exact) mass is 301 g/mol. The van der Waals surface area contributed by atoms with Gasteiger partial charge in [-0.05, 0) is 40.0 Å². The zero-order valence-corrected chi connectivity index (χ0v) is 11.3. The molecule has 3 rings (SSSR count). The van der Waals surface area contributed by atoms with Gasteiger partial charge in [0, 0.05) is 11.0 Å². The second-order valence-electron chi connectivity index (χ2n) is 4.16. The van der Waals surface area contributed by atoms with Crippen LogP contribution in [0.25, 0.3) is 11.0 Å². The first-order valence-electron chi connectivity index (χ1n) is 5.86. The van der Waals surface area contributed by atoms with E-state index >= 15 is 0 Å². The summed E-state index contributed by atoms with van der Waals surface area (Å²) in [6.45, 7) is 0.844. The van der Waals surface area contributed by atoms with E-state index in [1.54, 1.807) is 0 Å². The fourth-order valence-corrected chi connectivity index (χ4v) is 2.44. The Morgan fingerprint density at radius 1 is 1.00 bits per heavy atom. The summed E-state index contributed by atoms with van der Waals surface area (Å²) in [5.41, 5.74) is 3.31. The molecular formula is C14H12BrN3. The summed E-state index contributed by atoms with van der Waals surface area (Å²) in [4.78, 5) is 0. The van der Waals surface area contributed by atoms with Crippen molar-refractivity contribution < 1.29 is 0 Å². The van der Waals surface area contributed by atoms with E-state index in [1.807, 2.05) is 28.9 Å². The van der Waals surface area contributed by atoms with Gasteiger partial charge in [0.25, 0.3) is 0 Å².